The average molecular weight is 414 g/mol. The molecule has 1 fully saturated rings. The van der Waals surface area contributed by atoms with Gasteiger partial charge >= 0.3 is 0 Å². The normalized spacial score (nSPS) is 15.3. The van der Waals surface area contributed by atoms with Crippen molar-refractivity contribution in [3.63, 3.8) is 0 Å². The molecule has 0 aliphatic carbocycles. The number of hydrogen-bond acceptors (Lipinski definition) is 5. The Morgan fingerprint density at radius 2 is 1.97 bits per heavy atom. The van der Waals surface area contributed by atoms with Gasteiger partial charge in [-0.25, -0.2) is 4.39 Å². The van der Waals surface area contributed by atoms with Crippen LogP contribution < -0.4 is 14.8 Å². The molecule has 1 amide bonds. The highest BCUT2D eigenvalue weighted by Gasteiger charge is 2.23. The van der Waals surface area contributed by atoms with Crippen LogP contribution in [0.3, 0.4) is 0 Å². The van der Waals surface area contributed by atoms with E-state index in [9.17, 15) is 9.18 Å². The summed E-state index contributed by atoms with van der Waals surface area (Å²) in [4.78, 5) is 15.0. The molecule has 30 heavy (non-hydrogen) atoms. The first-order valence-corrected chi connectivity index (χ1v) is 9.89. The Kier molecular flexibility index (Phi) is 7.82. The number of amides is 1. The Morgan fingerprint density at radius 3 is 2.63 bits per heavy atom. The maximum absolute atomic E-state index is 13.4. The second-order valence-corrected chi connectivity index (χ2v) is 6.89. The number of methoxy groups -OCH3 is 1. The number of morpholine rings is 1. The van der Waals surface area contributed by atoms with Crippen LogP contribution in [-0.4, -0.2) is 57.4 Å². The number of rotatable bonds is 9. The van der Waals surface area contributed by atoms with E-state index in [0.717, 1.165) is 18.7 Å². The molecule has 0 radical (unpaired) electrons. The van der Waals surface area contributed by atoms with Gasteiger partial charge in [0.25, 0.3) is 5.91 Å². The van der Waals surface area contributed by atoms with Gasteiger partial charge in [0, 0.05) is 25.2 Å². The van der Waals surface area contributed by atoms with E-state index in [-0.39, 0.29) is 17.8 Å². The van der Waals surface area contributed by atoms with Crippen LogP contribution in [0.4, 0.5) is 4.39 Å². The smallest absolute Gasteiger partial charge is 0.251 e. The Balaban J connectivity index is 1.72. The lowest BCUT2D eigenvalue weighted by Gasteiger charge is -2.35. The molecular formula is C23H27FN2O4. The van der Waals surface area contributed by atoms with Crippen LogP contribution in [0.5, 0.6) is 11.5 Å². The minimum Gasteiger partial charge on any atom is -0.493 e. The monoisotopic (exact) mass is 414 g/mol. The summed E-state index contributed by atoms with van der Waals surface area (Å²) >= 11 is 0. The zero-order valence-electron chi connectivity index (χ0n) is 17.1. The molecule has 3 rings (SSSR count). The number of nitrogens with one attached hydrogen (secondary N) is 1. The van der Waals surface area contributed by atoms with E-state index in [0.29, 0.717) is 43.4 Å². The predicted octanol–water partition coefficient (Wildman–Crippen LogP) is 3.20. The number of nitrogens with zero attached hydrogens (tertiary/aromatic N) is 1. The van der Waals surface area contributed by atoms with Crippen molar-refractivity contribution < 1.29 is 23.4 Å². The van der Waals surface area contributed by atoms with Crippen molar-refractivity contribution >= 4 is 5.91 Å². The van der Waals surface area contributed by atoms with Crippen LogP contribution in [-0.2, 0) is 4.74 Å². The maximum Gasteiger partial charge on any atom is 0.251 e. The molecule has 7 heteroatoms. The standard InChI is InChI=1S/C23H27FN2O4/c1-3-12-30-21-9-6-18(15-22(21)28-2)23(27)25-16-20(26-10-13-29-14-11-26)17-4-7-19(24)8-5-17/h3-9,15,20H,1,10-14,16H2,2H3,(H,25,27). The van der Waals surface area contributed by atoms with Crippen molar-refractivity contribution in [2.24, 2.45) is 0 Å². The Hall–Kier alpha value is -2.90. The first-order valence-electron chi connectivity index (χ1n) is 9.89. The molecule has 6 nitrogen and oxygen atoms in total. The van der Waals surface area contributed by atoms with E-state index in [1.807, 2.05) is 0 Å². The summed E-state index contributed by atoms with van der Waals surface area (Å²) in [5.41, 5.74) is 1.42. The van der Waals surface area contributed by atoms with Crippen molar-refractivity contribution in [2.45, 2.75) is 6.04 Å². The van der Waals surface area contributed by atoms with Gasteiger partial charge in [0.1, 0.15) is 12.4 Å². The summed E-state index contributed by atoms with van der Waals surface area (Å²) in [6.45, 7) is 7.13. The number of carbonyl (C=O) groups is 1. The summed E-state index contributed by atoms with van der Waals surface area (Å²) < 4.78 is 29.7. The fraction of sp³-hybridized carbons (Fsp3) is 0.348. The molecule has 2 aromatic rings. The number of ether oxygens (including phenoxy) is 3. The number of carbonyl (C=O) groups excluding carboxylic acids is 1. The van der Waals surface area contributed by atoms with Gasteiger partial charge in [-0.3, -0.25) is 9.69 Å². The molecule has 1 unspecified atom stereocenters. The van der Waals surface area contributed by atoms with Crippen LogP contribution in [0.2, 0.25) is 0 Å². The van der Waals surface area contributed by atoms with E-state index in [1.54, 1.807) is 36.4 Å². The number of hydrogen-bond donors (Lipinski definition) is 1. The zero-order valence-corrected chi connectivity index (χ0v) is 17.1. The van der Waals surface area contributed by atoms with Gasteiger partial charge < -0.3 is 19.5 Å². The molecule has 1 atom stereocenters. The zero-order chi connectivity index (χ0) is 21.3. The van der Waals surface area contributed by atoms with Crippen molar-refractivity contribution in [3.05, 3.63) is 72.1 Å². The summed E-state index contributed by atoms with van der Waals surface area (Å²) in [6, 6.07) is 11.4. The summed E-state index contributed by atoms with van der Waals surface area (Å²) in [7, 11) is 1.53. The topological polar surface area (TPSA) is 60.0 Å². The Bertz CT molecular complexity index is 851. The van der Waals surface area contributed by atoms with Gasteiger partial charge in [-0.1, -0.05) is 24.8 Å². The second-order valence-electron chi connectivity index (χ2n) is 6.89. The highest BCUT2D eigenvalue weighted by molar-refractivity contribution is 5.94. The fourth-order valence-corrected chi connectivity index (χ4v) is 3.40. The molecule has 0 spiro atoms. The highest BCUT2D eigenvalue weighted by atomic mass is 19.1. The van der Waals surface area contributed by atoms with Gasteiger partial charge in [0.2, 0.25) is 0 Å². The first-order chi connectivity index (χ1) is 14.6. The van der Waals surface area contributed by atoms with E-state index in [2.05, 4.69) is 16.8 Å². The van der Waals surface area contributed by atoms with Crippen LogP contribution >= 0.6 is 0 Å². The van der Waals surface area contributed by atoms with Crippen molar-refractivity contribution in [1.82, 2.24) is 10.2 Å². The molecule has 160 valence electrons. The Morgan fingerprint density at radius 1 is 1.23 bits per heavy atom. The SMILES string of the molecule is C=CCOc1ccc(C(=O)NCC(c2ccc(F)cc2)N2CCOCC2)cc1OC. The van der Waals surface area contributed by atoms with Gasteiger partial charge in [0.15, 0.2) is 11.5 Å². The molecule has 1 saturated heterocycles. The largest absolute Gasteiger partial charge is 0.493 e. The number of benzene rings is 2. The molecule has 1 N–H and O–H groups in total. The van der Waals surface area contributed by atoms with Crippen LogP contribution in [0.25, 0.3) is 0 Å². The van der Waals surface area contributed by atoms with E-state index >= 15 is 0 Å². The quantitative estimate of drug-likeness (QED) is 0.639. The lowest BCUT2D eigenvalue weighted by molar-refractivity contribution is 0.0162. The lowest BCUT2D eigenvalue weighted by atomic mass is 10.0. The molecule has 1 aliphatic heterocycles. The molecule has 0 aromatic heterocycles. The number of halogens is 1. The minimum absolute atomic E-state index is 0.0736. The second kappa shape index (κ2) is 10.8. The van der Waals surface area contributed by atoms with E-state index in [1.165, 1.54) is 19.2 Å². The molecule has 1 heterocycles. The molecular weight excluding hydrogens is 387 g/mol. The highest BCUT2D eigenvalue weighted by Crippen LogP contribution is 2.28. The van der Waals surface area contributed by atoms with Gasteiger partial charge in [-0.2, -0.15) is 0 Å². The molecule has 0 bridgehead atoms. The maximum atomic E-state index is 13.4. The lowest BCUT2D eigenvalue weighted by Crippen LogP contribution is -2.43. The Labute approximate surface area is 176 Å². The molecule has 1 aliphatic rings. The van der Waals surface area contributed by atoms with Crippen LogP contribution in [0.1, 0.15) is 22.0 Å². The van der Waals surface area contributed by atoms with Crippen molar-refractivity contribution in [2.75, 3.05) is 46.6 Å². The van der Waals surface area contributed by atoms with Gasteiger partial charge in [-0.15, -0.1) is 0 Å². The third-order valence-corrected chi connectivity index (χ3v) is 4.98. The first kappa shape index (κ1) is 21.8. The minimum atomic E-state index is -0.283. The van der Waals surface area contributed by atoms with Crippen LogP contribution in [0.15, 0.2) is 55.1 Å². The summed E-state index contributed by atoms with van der Waals surface area (Å²) in [6.07, 6.45) is 1.64. The van der Waals surface area contributed by atoms with E-state index < -0.39 is 0 Å². The fourth-order valence-electron chi connectivity index (χ4n) is 3.40. The summed E-state index contributed by atoms with van der Waals surface area (Å²) in [5, 5.41) is 3.00. The predicted molar refractivity (Wildman–Crippen MR) is 113 cm³/mol. The van der Waals surface area contributed by atoms with Crippen LogP contribution in [0, 0.1) is 5.82 Å². The molecule has 0 saturated carbocycles. The average Bonchev–Trinajstić information content (AvgIpc) is 2.79. The van der Waals surface area contributed by atoms with Gasteiger partial charge in [0.05, 0.1) is 26.4 Å². The molecule has 2 aromatic carbocycles. The third-order valence-electron chi connectivity index (χ3n) is 4.98. The third kappa shape index (κ3) is 5.58. The van der Waals surface area contributed by atoms with E-state index in [4.69, 9.17) is 14.2 Å². The van der Waals surface area contributed by atoms with Crippen molar-refractivity contribution in [1.29, 1.82) is 0 Å². The van der Waals surface area contributed by atoms with Crippen molar-refractivity contribution in [3.8, 4) is 11.5 Å². The van der Waals surface area contributed by atoms with Gasteiger partial charge in [-0.05, 0) is 35.9 Å². The summed E-state index contributed by atoms with van der Waals surface area (Å²) in [5.74, 6) is 0.525.